The third kappa shape index (κ3) is 4.00. The van der Waals surface area contributed by atoms with Crippen LogP contribution in [-0.2, 0) is 0 Å². The van der Waals surface area contributed by atoms with Crippen molar-refractivity contribution in [1.82, 2.24) is 9.88 Å². The second kappa shape index (κ2) is 7.41. The Morgan fingerprint density at radius 1 is 1.21 bits per heavy atom. The van der Waals surface area contributed by atoms with Gasteiger partial charge in [-0.3, -0.25) is 9.78 Å². The van der Waals surface area contributed by atoms with Crippen LogP contribution in [-0.4, -0.2) is 35.0 Å². The second-order valence-electron chi connectivity index (χ2n) is 5.87. The van der Waals surface area contributed by atoms with Gasteiger partial charge in [0.15, 0.2) is 0 Å². The van der Waals surface area contributed by atoms with Crippen molar-refractivity contribution in [2.24, 2.45) is 0 Å². The number of carbonyl (C=O) groups excluding carboxylic acids is 1. The van der Waals surface area contributed by atoms with Crippen LogP contribution in [0.25, 0.3) is 0 Å². The summed E-state index contributed by atoms with van der Waals surface area (Å²) in [7, 11) is 0. The molecule has 1 saturated heterocycles. The first-order valence-electron chi connectivity index (χ1n) is 7.86. The SMILES string of the molecule is Cc1ccc(OC2CCN(C(=O)c3ccc(Cl)cc3Cl)CC2)cn1. The number of halogens is 2. The van der Waals surface area contributed by atoms with E-state index >= 15 is 0 Å². The first kappa shape index (κ1) is 17.1. The second-order valence-corrected chi connectivity index (χ2v) is 6.71. The summed E-state index contributed by atoms with van der Waals surface area (Å²) in [5.74, 6) is 0.707. The van der Waals surface area contributed by atoms with Gasteiger partial charge in [0.25, 0.3) is 5.91 Å². The largest absolute Gasteiger partial charge is 0.489 e. The summed E-state index contributed by atoms with van der Waals surface area (Å²) in [5.41, 5.74) is 1.45. The summed E-state index contributed by atoms with van der Waals surface area (Å²) in [6.07, 6.45) is 3.40. The number of likely N-dealkylation sites (tertiary alicyclic amines) is 1. The molecule has 0 bridgehead atoms. The molecule has 0 aliphatic carbocycles. The first-order valence-corrected chi connectivity index (χ1v) is 8.62. The van der Waals surface area contributed by atoms with Gasteiger partial charge < -0.3 is 9.64 Å². The molecule has 1 aromatic heterocycles. The summed E-state index contributed by atoms with van der Waals surface area (Å²) in [5, 5.41) is 0.909. The number of aryl methyl sites for hydroxylation is 1. The molecule has 24 heavy (non-hydrogen) atoms. The summed E-state index contributed by atoms with van der Waals surface area (Å²) in [4.78, 5) is 18.6. The number of rotatable bonds is 3. The minimum Gasteiger partial charge on any atom is -0.489 e. The Morgan fingerprint density at radius 3 is 2.58 bits per heavy atom. The van der Waals surface area contributed by atoms with E-state index in [1.165, 1.54) is 0 Å². The number of benzene rings is 1. The van der Waals surface area contributed by atoms with E-state index in [-0.39, 0.29) is 12.0 Å². The van der Waals surface area contributed by atoms with E-state index in [9.17, 15) is 4.79 Å². The molecule has 1 fully saturated rings. The standard InChI is InChI=1S/C18H18Cl2N2O2/c1-12-2-4-15(11-21-12)24-14-6-8-22(9-7-14)18(23)16-5-3-13(19)10-17(16)20/h2-5,10-11,14H,6-9H2,1H3. The van der Waals surface area contributed by atoms with Crippen molar-refractivity contribution in [3.05, 3.63) is 57.8 Å². The number of pyridine rings is 1. The van der Waals surface area contributed by atoms with Gasteiger partial charge >= 0.3 is 0 Å². The Balaban J connectivity index is 1.58. The van der Waals surface area contributed by atoms with Gasteiger partial charge in [0.1, 0.15) is 11.9 Å². The fourth-order valence-corrected chi connectivity index (χ4v) is 3.22. The Hall–Kier alpha value is -1.78. The summed E-state index contributed by atoms with van der Waals surface area (Å²) >= 11 is 12.0. The number of amides is 1. The number of ether oxygens (including phenoxy) is 1. The lowest BCUT2D eigenvalue weighted by atomic mass is 10.1. The number of piperidine rings is 1. The normalized spacial score (nSPS) is 15.4. The topological polar surface area (TPSA) is 42.4 Å². The number of hydrogen-bond donors (Lipinski definition) is 0. The average Bonchev–Trinajstić information content (AvgIpc) is 2.57. The zero-order valence-electron chi connectivity index (χ0n) is 13.3. The molecule has 6 heteroatoms. The molecule has 0 radical (unpaired) electrons. The lowest BCUT2D eigenvalue weighted by Gasteiger charge is -2.32. The van der Waals surface area contributed by atoms with Crippen molar-refractivity contribution in [2.45, 2.75) is 25.9 Å². The van der Waals surface area contributed by atoms with E-state index < -0.39 is 0 Å². The lowest BCUT2D eigenvalue weighted by molar-refractivity contribution is 0.0595. The minimum atomic E-state index is -0.0629. The maximum atomic E-state index is 12.6. The van der Waals surface area contributed by atoms with Gasteiger partial charge in [-0.2, -0.15) is 0 Å². The quantitative estimate of drug-likeness (QED) is 0.811. The molecule has 1 aromatic carbocycles. The van der Waals surface area contributed by atoms with E-state index in [1.807, 2.05) is 24.0 Å². The van der Waals surface area contributed by atoms with Crippen molar-refractivity contribution in [3.8, 4) is 5.75 Å². The maximum absolute atomic E-state index is 12.6. The van der Waals surface area contributed by atoms with E-state index in [0.29, 0.717) is 28.7 Å². The molecule has 126 valence electrons. The smallest absolute Gasteiger partial charge is 0.255 e. The lowest BCUT2D eigenvalue weighted by Crippen LogP contribution is -2.41. The van der Waals surface area contributed by atoms with Crippen LogP contribution in [0.3, 0.4) is 0 Å². The fraction of sp³-hybridized carbons (Fsp3) is 0.333. The number of aromatic nitrogens is 1. The molecule has 2 heterocycles. The van der Waals surface area contributed by atoms with Crippen LogP contribution >= 0.6 is 23.2 Å². The molecule has 0 atom stereocenters. The van der Waals surface area contributed by atoms with Crippen molar-refractivity contribution >= 4 is 29.1 Å². The highest BCUT2D eigenvalue weighted by atomic mass is 35.5. The van der Waals surface area contributed by atoms with Crippen LogP contribution in [0.4, 0.5) is 0 Å². The molecule has 0 N–H and O–H groups in total. The van der Waals surface area contributed by atoms with Crippen molar-refractivity contribution < 1.29 is 9.53 Å². The van der Waals surface area contributed by atoms with Gasteiger partial charge in [-0.1, -0.05) is 23.2 Å². The first-order chi connectivity index (χ1) is 11.5. The van der Waals surface area contributed by atoms with Crippen LogP contribution in [0.5, 0.6) is 5.75 Å². The van der Waals surface area contributed by atoms with E-state index in [2.05, 4.69) is 4.98 Å². The Kier molecular flexibility index (Phi) is 5.27. The van der Waals surface area contributed by atoms with Gasteiger partial charge in [0, 0.05) is 36.6 Å². The molecule has 4 nitrogen and oxygen atoms in total. The molecule has 1 aliphatic heterocycles. The predicted molar refractivity (Wildman–Crippen MR) is 95.0 cm³/mol. The van der Waals surface area contributed by atoms with Gasteiger partial charge in [0.05, 0.1) is 16.8 Å². The number of hydrogen-bond acceptors (Lipinski definition) is 3. The zero-order valence-corrected chi connectivity index (χ0v) is 14.8. The number of nitrogens with zero attached hydrogens (tertiary/aromatic N) is 2. The molecule has 2 aromatic rings. The van der Waals surface area contributed by atoms with Crippen molar-refractivity contribution in [2.75, 3.05) is 13.1 Å². The minimum absolute atomic E-state index is 0.0629. The van der Waals surface area contributed by atoms with Crippen LogP contribution in [0, 0.1) is 6.92 Å². The third-order valence-corrected chi connectivity index (χ3v) is 4.63. The van der Waals surface area contributed by atoms with Crippen LogP contribution in [0.1, 0.15) is 28.9 Å². The van der Waals surface area contributed by atoms with Gasteiger partial charge in [-0.25, -0.2) is 0 Å². The van der Waals surface area contributed by atoms with Gasteiger partial charge in [0.2, 0.25) is 0 Å². The molecule has 0 spiro atoms. The number of carbonyl (C=O) groups is 1. The molecule has 1 aliphatic rings. The highest BCUT2D eigenvalue weighted by Gasteiger charge is 2.25. The van der Waals surface area contributed by atoms with Crippen LogP contribution < -0.4 is 4.74 Å². The Morgan fingerprint density at radius 2 is 1.96 bits per heavy atom. The monoisotopic (exact) mass is 364 g/mol. The predicted octanol–water partition coefficient (Wildman–Crippen LogP) is 4.38. The Bertz CT molecular complexity index is 726. The highest BCUT2D eigenvalue weighted by Crippen LogP contribution is 2.24. The summed E-state index contributed by atoms with van der Waals surface area (Å²) in [6, 6.07) is 8.80. The maximum Gasteiger partial charge on any atom is 0.255 e. The molecule has 1 amide bonds. The van der Waals surface area contributed by atoms with Crippen LogP contribution in [0.15, 0.2) is 36.5 Å². The molecular weight excluding hydrogens is 347 g/mol. The summed E-state index contributed by atoms with van der Waals surface area (Å²) in [6.45, 7) is 3.22. The zero-order chi connectivity index (χ0) is 17.1. The Labute approximate surface area is 151 Å². The average molecular weight is 365 g/mol. The highest BCUT2D eigenvalue weighted by molar-refractivity contribution is 6.36. The summed E-state index contributed by atoms with van der Waals surface area (Å²) < 4.78 is 5.94. The molecule has 3 rings (SSSR count). The molecule has 0 saturated carbocycles. The van der Waals surface area contributed by atoms with E-state index in [0.717, 1.165) is 24.3 Å². The van der Waals surface area contributed by atoms with Gasteiger partial charge in [-0.15, -0.1) is 0 Å². The van der Waals surface area contributed by atoms with Gasteiger partial charge in [-0.05, 0) is 37.3 Å². The van der Waals surface area contributed by atoms with E-state index in [4.69, 9.17) is 27.9 Å². The molecule has 0 unspecified atom stereocenters. The van der Waals surface area contributed by atoms with Crippen molar-refractivity contribution in [1.29, 1.82) is 0 Å². The van der Waals surface area contributed by atoms with Crippen molar-refractivity contribution in [3.63, 3.8) is 0 Å². The third-order valence-electron chi connectivity index (χ3n) is 4.08. The van der Waals surface area contributed by atoms with Crippen LogP contribution in [0.2, 0.25) is 10.0 Å². The fourth-order valence-electron chi connectivity index (χ4n) is 2.73. The molecular formula is C18H18Cl2N2O2. The van der Waals surface area contributed by atoms with E-state index in [1.54, 1.807) is 24.4 Å².